The predicted octanol–water partition coefficient (Wildman–Crippen LogP) is 1.90. The van der Waals surface area contributed by atoms with Gasteiger partial charge in [-0.2, -0.15) is 0 Å². The minimum absolute atomic E-state index is 0.285. The third-order valence-electron chi connectivity index (χ3n) is 1.25. The Morgan fingerprint density at radius 3 is 2.80 bits per heavy atom. The molecular formula is C8H16FN. The molecule has 2 heteroatoms. The third-order valence-corrected chi connectivity index (χ3v) is 1.25. The minimum atomic E-state index is -0.285. The van der Waals surface area contributed by atoms with Crippen LogP contribution < -0.4 is 5.32 Å². The van der Waals surface area contributed by atoms with Crippen LogP contribution in [0.2, 0.25) is 0 Å². The number of alkyl halides is 1. The zero-order valence-corrected chi connectivity index (χ0v) is 6.62. The van der Waals surface area contributed by atoms with Crippen LogP contribution in [0.3, 0.4) is 0 Å². The summed E-state index contributed by atoms with van der Waals surface area (Å²) in [5, 5.41) is 3.15. The highest BCUT2D eigenvalue weighted by Gasteiger charge is 1.91. The molecule has 0 aliphatic carbocycles. The van der Waals surface area contributed by atoms with Gasteiger partial charge in [0.2, 0.25) is 0 Å². The molecule has 0 saturated carbocycles. The second-order valence-corrected chi connectivity index (χ2v) is 2.37. The van der Waals surface area contributed by atoms with Gasteiger partial charge in [0.15, 0.2) is 0 Å². The monoisotopic (exact) mass is 145 g/mol. The molecule has 0 aliphatic rings. The molecule has 0 fully saturated rings. The zero-order valence-electron chi connectivity index (χ0n) is 6.62. The molecule has 1 nitrogen and oxygen atoms in total. The number of hydrogen-bond acceptors (Lipinski definition) is 1. The highest BCUT2D eigenvalue weighted by molar-refractivity contribution is 4.95. The van der Waals surface area contributed by atoms with Gasteiger partial charge in [-0.3, -0.25) is 4.39 Å². The first-order valence-electron chi connectivity index (χ1n) is 3.74. The first-order chi connectivity index (χ1) is 4.81. The standard InChI is InChI=1S/C8H16FN/c1-3-6-10-7-8(2)4-5-9/h10H,2-7H2,1H3. The van der Waals surface area contributed by atoms with Gasteiger partial charge >= 0.3 is 0 Å². The second-order valence-electron chi connectivity index (χ2n) is 2.37. The summed E-state index contributed by atoms with van der Waals surface area (Å²) < 4.78 is 11.7. The molecule has 0 aromatic rings. The van der Waals surface area contributed by atoms with E-state index in [4.69, 9.17) is 0 Å². The van der Waals surface area contributed by atoms with Gasteiger partial charge in [-0.25, -0.2) is 0 Å². The van der Waals surface area contributed by atoms with Crippen molar-refractivity contribution in [2.75, 3.05) is 19.8 Å². The van der Waals surface area contributed by atoms with Gasteiger partial charge in [0.05, 0.1) is 6.67 Å². The first-order valence-corrected chi connectivity index (χ1v) is 3.74. The maximum absolute atomic E-state index is 11.7. The number of nitrogens with one attached hydrogen (secondary N) is 1. The second kappa shape index (κ2) is 6.75. The highest BCUT2D eigenvalue weighted by atomic mass is 19.1. The molecule has 0 aliphatic heterocycles. The van der Waals surface area contributed by atoms with Crippen molar-refractivity contribution in [1.82, 2.24) is 5.32 Å². The third kappa shape index (κ3) is 5.76. The van der Waals surface area contributed by atoms with E-state index in [1.807, 2.05) is 0 Å². The van der Waals surface area contributed by atoms with Crippen molar-refractivity contribution >= 4 is 0 Å². The van der Waals surface area contributed by atoms with Gasteiger partial charge in [0, 0.05) is 6.54 Å². The number of halogens is 1. The van der Waals surface area contributed by atoms with Crippen molar-refractivity contribution in [2.45, 2.75) is 19.8 Å². The average Bonchev–Trinajstić information content (AvgIpc) is 1.89. The van der Waals surface area contributed by atoms with Gasteiger partial charge in [0.1, 0.15) is 0 Å². The van der Waals surface area contributed by atoms with Crippen LogP contribution in [0.5, 0.6) is 0 Å². The van der Waals surface area contributed by atoms with Crippen molar-refractivity contribution in [3.05, 3.63) is 12.2 Å². The summed E-state index contributed by atoms with van der Waals surface area (Å²) in [4.78, 5) is 0. The fourth-order valence-electron chi connectivity index (χ4n) is 0.664. The van der Waals surface area contributed by atoms with Gasteiger partial charge in [0.25, 0.3) is 0 Å². The highest BCUT2D eigenvalue weighted by Crippen LogP contribution is 1.95. The number of hydrogen-bond donors (Lipinski definition) is 1. The van der Waals surface area contributed by atoms with E-state index in [9.17, 15) is 4.39 Å². The maximum atomic E-state index is 11.7. The molecule has 0 amide bonds. The van der Waals surface area contributed by atoms with Crippen LogP contribution in [0.4, 0.5) is 4.39 Å². The Hall–Kier alpha value is -0.370. The lowest BCUT2D eigenvalue weighted by atomic mass is 10.2. The van der Waals surface area contributed by atoms with E-state index in [2.05, 4.69) is 18.8 Å². The van der Waals surface area contributed by atoms with Crippen LogP contribution in [0.1, 0.15) is 19.8 Å². The predicted molar refractivity (Wildman–Crippen MR) is 42.9 cm³/mol. The van der Waals surface area contributed by atoms with E-state index in [0.717, 1.165) is 25.1 Å². The molecule has 0 heterocycles. The van der Waals surface area contributed by atoms with Crippen LogP contribution in [0.15, 0.2) is 12.2 Å². The van der Waals surface area contributed by atoms with Gasteiger partial charge in [-0.1, -0.05) is 19.1 Å². The lowest BCUT2D eigenvalue weighted by molar-refractivity contribution is 0.489. The van der Waals surface area contributed by atoms with Crippen molar-refractivity contribution in [3.63, 3.8) is 0 Å². The Balaban J connectivity index is 3.05. The van der Waals surface area contributed by atoms with Crippen LogP contribution >= 0.6 is 0 Å². The molecule has 0 saturated heterocycles. The molecule has 10 heavy (non-hydrogen) atoms. The topological polar surface area (TPSA) is 12.0 Å². The van der Waals surface area contributed by atoms with Crippen LogP contribution in [0.25, 0.3) is 0 Å². The molecule has 0 aromatic heterocycles. The van der Waals surface area contributed by atoms with Crippen LogP contribution in [0, 0.1) is 0 Å². The van der Waals surface area contributed by atoms with E-state index in [1.54, 1.807) is 0 Å². The molecule has 1 N–H and O–H groups in total. The molecule has 0 atom stereocenters. The summed E-state index contributed by atoms with van der Waals surface area (Å²) in [5.74, 6) is 0. The molecule has 0 spiro atoms. The summed E-state index contributed by atoms with van der Waals surface area (Å²) in [6.07, 6.45) is 1.61. The van der Waals surface area contributed by atoms with E-state index in [0.29, 0.717) is 6.42 Å². The van der Waals surface area contributed by atoms with Crippen molar-refractivity contribution in [2.24, 2.45) is 0 Å². The Bertz CT molecular complexity index is 91.3. The first kappa shape index (κ1) is 9.63. The fraction of sp³-hybridized carbons (Fsp3) is 0.750. The fourth-order valence-corrected chi connectivity index (χ4v) is 0.664. The SMILES string of the molecule is C=C(CCF)CNCCC. The lowest BCUT2D eigenvalue weighted by Gasteiger charge is -2.03. The zero-order chi connectivity index (χ0) is 7.82. The van der Waals surface area contributed by atoms with Crippen LogP contribution in [-0.2, 0) is 0 Å². The van der Waals surface area contributed by atoms with Gasteiger partial charge in [-0.05, 0) is 19.4 Å². The van der Waals surface area contributed by atoms with Gasteiger partial charge in [-0.15, -0.1) is 0 Å². The molecular weight excluding hydrogens is 129 g/mol. The lowest BCUT2D eigenvalue weighted by Crippen LogP contribution is -2.17. The molecule has 60 valence electrons. The Labute approximate surface area is 62.3 Å². The van der Waals surface area contributed by atoms with E-state index in [-0.39, 0.29) is 6.67 Å². The summed E-state index contributed by atoms with van der Waals surface area (Å²) >= 11 is 0. The van der Waals surface area contributed by atoms with Crippen molar-refractivity contribution in [1.29, 1.82) is 0 Å². The van der Waals surface area contributed by atoms with E-state index >= 15 is 0 Å². The Morgan fingerprint density at radius 2 is 2.30 bits per heavy atom. The van der Waals surface area contributed by atoms with Crippen molar-refractivity contribution < 1.29 is 4.39 Å². The number of rotatable bonds is 6. The molecule has 0 bridgehead atoms. The summed E-state index contributed by atoms with van der Waals surface area (Å²) in [7, 11) is 0. The quantitative estimate of drug-likeness (QED) is 0.444. The smallest absolute Gasteiger partial charge is 0.0931 e. The summed E-state index contributed by atoms with van der Waals surface area (Å²) in [6.45, 7) is 7.28. The molecule has 0 unspecified atom stereocenters. The largest absolute Gasteiger partial charge is 0.313 e. The minimum Gasteiger partial charge on any atom is -0.313 e. The van der Waals surface area contributed by atoms with E-state index < -0.39 is 0 Å². The maximum Gasteiger partial charge on any atom is 0.0931 e. The molecule has 0 aromatic carbocycles. The van der Waals surface area contributed by atoms with Gasteiger partial charge < -0.3 is 5.32 Å². The van der Waals surface area contributed by atoms with Crippen molar-refractivity contribution in [3.8, 4) is 0 Å². The normalized spacial score (nSPS) is 9.80. The molecule has 0 rings (SSSR count). The van der Waals surface area contributed by atoms with Crippen LogP contribution in [-0.4, -0.2) is 19.8 Å². The Kier molecular flexibility index (Phi) is 6.50. The summed E-state index contributed by atoms with van der Waals surface area (Å²) in [6, 6.07) is 0. The Morgan fingerprint density at radius 1 is 1.60 bits per heavy atom. The average molecular weight is 145 g/mol. The summed E-state index contributed by atoms with van der Waals surface area (Å²) in [5.41, 5.74) is 0.955. The van der Waals surface area contributed by atoms with E-state index in [1.165, 1.54) is 0 Å². The molecule has 0 radical (unpaired) electrons.